The molecule has 0 fully saturated rings. The summed E-state index contributed by atoms with van der Waals surface area (Å²) in [4.78, 5) is 10.8. The van der Waals surface area contributed by atoms with Crippen LogP contribution in [0.25, 0.3) is 0 Å². The van der Waals surface area contributed by atoms with Gasteiger partial charge in [-0.05, 0) is 17.7 Å². The Morgan fingerprint density at radius 2 is 1.87 bits per heavy atom. The lowest BCUT2D eigenvalue weighted by Gasteiger charge is -2.06. The smallest absolute Gasteiger partial charge is 0.166 e. The third kappa shape index (κ3) is 2.10. The zero-order valence-electron chi connectivity index (χ0n) is 8.06. The van der Waals surface area contributed by atoms with Gasteiger partial charge in [-0.2, -0.15) is 0 Å². The molecule has 0 saturated heterocycles. The Labute approximate surface area is 93.1 Å². The van der Waals surface area contributed by atoms with Gasteiger partial charge in [0.1, 0.15) is 5.15 Å². The molecule has 0 saturated carbocycles. The van der Waals surface area contributed by atoms with E-state index in [1.165, 1.54) is 0 Å². The molecule has 0 aliphatic carbocycles. The Morgan fingerprint density at radius 3 is 2.53 bits per heavy atom. The van der Waals surface area contributed by atoms with Crippen molar-refractivity contribution in [2.75, 3.05) is 0 Å². The van der Waals surface area contributed by atoms with Crippen molar-refractivity contribution in [1.29, 1.82) is 0 Å². The second-order valence-corrected chi connectivity index (χ2v) is 3.66. The summed E-state index contributed by atoms with van der Waals surface area (Å²) in [5.41, 5.74) is 1.72. The third-order valence-electron chi connectivity index (χ3n) is 2.27. The molecule has 0 N–H and O–H groups in total. The quantitative estimate of drug-likeness (QED) is 0.728. The maximum atomic E-state index is 10.8. The van der Waals surface area contributed by atoms with Gasteiger partial charge in [0.05, 0.1) is 5.69 Å². The lowest BCUT2D eigenvalue weighted by Crippen LogP contribution is -2.03. The second kappa shape index (κ2) is 4.32. The predicted octanol–water partition coefficient (Wildman–Crippen LogP) is 3.00. The molecule has 2 aromatic rings. The third-order valence-corrected chi connectivity index (χ3v) is 2.60. The van der Waals surface area contributed by atoms with Crippen molar-refractivity contribution in [2.45, 2.75) is 6.54 Å². The maximum absolute atomic E-state index is 10.8. The van der Waals surface area contributed by atoms with Crippen molar-refractivity contribution in [3.05, 3.63) is 58.9 Å². The van der Waals surface area contributed by atoms with Crippen molar-refractivity contribution in [3.63, 3.8) is 0 Å². The van der Waals surface area contributed by atoms with Crippen LogP contribution < -0.4 is 0 Å². The molecule has 2 rings (SSSR count). The number of rotatable bonds is 3. The van der Waals surface area contributed by atoms with Crippen molar-refractivity contribution < 1.29 is 4.79 Å². The molecule has 0 unspecified atom stereocenters. The van der Waals surface area contributed by atoms with Crippen LogP contribution in [0.15, 0.2) is 42.5 Å². The average molecular weight is 220 g/mol. The number of carbonyl (C=O) groups is 1. The Kier molecular flexibility index (Phi) is 2.88. The molecular formula is C12H10ClNO. The number of hydrogen-bond donors (Lipinski definition) is 0. The first-order chi connectivity index (χ1) is 7.31. The highest BCUT2D eigenvalue weighted by molar-refractivity contribution is 6.29. The Hall–Kier alpha value is -1.54. The molecule has 0 bridgehead atoms. The van der Waals surface area contributed by atoms with Gasteiger partial charge < -0.3 is 4.57 Å². The summed E-state index contributed by atoms with van der Waals surface area (Å²) >= 11 is 5.98. The fourth-order valence-electron chi connectivity index (χ4n) is 1.49. The Morgan fingerprint density at radius 1 is 1.13 bits per heavy atom. The minimum atomic E-state index is 0.584. The maximum Gasteiger partial charge on any atom is 0.166 e. The van der Waals surface area contributed by atoms with Gasteiger partial charge >= 0.3 is 0 Å². The topological polar surface area (TPSA) is 22.0 Å². The lowest BCUT2D eigenvalue weighted by atomic mass is 10.2. The molecule has 15 heavy (non-hydrogen) atoms. The number of hydrogen-bond acceptors (Lipinski definition) is 1. The van der Waals surface area contributed by atoms with Gasteiger partial charge in [-0.25, -0.2) is 0 Å². The Balaban J connectivity index is 2.31. The van der Waals surface area contributed by atoms with E-state index in [0.29, 0.717) is 17.4 Å². The zero-order chi connectivity index (χ0) is 10.7. The zero-order valence-corrected chi connectivity index (χ0v) is 8.82. The van der Waals surface area contributed by atoms with Crippen LogP contribution in [-0.4, -0.2) is 10.9 Å². The van der Waals surface area contributed by atoms with E-state index < -0.39 is 0 Å². The number of nitrogens with zero attached hydrogens (tertiary/aromatic N) is 1. The van der Waals surface area contributed by atoms with E-state index in [0.717, 1.165) is 11.8 Å². The number of carbonyl (C=O) groups excluding carboxylic acids is 1. The van der Waals surface area contributed by atoms with Crippen LogP contribution >= 0.6 is 11.6 Å². The van der Waals surface area contributed by atoms with Crippen LogP contribution in [0, 0.1) is 0 Å². The molecule has 1 aromatic carbocycles. The van der Waals surface area contributed by atoms with E-state index >= 15 is 0 Å². The second-order valence-electron chi connectivity index (χ2n) is 3.27. The van der Waals surface area contributed by atoms with E-state index in [9.17, 15) is 4.79 Å². The normalized spacial score (nSPS) is 10.2. The summed E-state index contributed by atoms with van der Waals surface area (Å²) in [5.74, 6) is 0. The highest BCUT2D eigenvalue weighted by Gasteiger charge is 2.05. The number of aromatic nitrogens is 1. The molecule has 1 heterocycles. The monoisotopic (exact) mass is 219 g/mol. The molecule has 2 nitrogen and oxygen atoms in total. The standard InChI is InChI=1S/C12H10ClNO/c13-12-7-6-11(9-15)14(12)8-10-4-2-1-3-5-10/h1-7,9H,8H2. The summed E-state index contributed by atoms with van der Waals surface area (Å²) < 4.78 is 1.78. The van der Waals surface area contributed by atoms with Gasteiger partial charge in [-0.3, -0.25) is 4.79 Å². The number of halogens is 1. The summed E-state index contributed by atoms with van der Waals surface area (Å²) in [5, 5.41) is 0.584. The molecule has 76 valence electrons. The first-order valence-corrected chi connectivity index (χ1v) is 5.03. The largest absolute Gasteiger partial charge is 0.325 e. The molecule has 0 amide bonds. The molecule has 0 radical (unpaired) electrons. The van der Waals surface area contributed by atoms with Gasteiger partial charge in [-0.1, -0.05) is 41.9 Å². The van der Waals surface area contributed by atoms with Crippen LogP contribution in [-0.2, 0) is 6.54 Å². The highest BCUT2D eigenvalue weighted by atomic mass is 35.5. The lowest BCUT2D eigenvalue weighted by molar-refractivity contribution is 0.111. The summed E-state index contributed by atoms with van der Waals surface area (Å²) in [7, 11) is 0. The van der Waals surface area contributed by atoms with Crippen molar-refractivity contribution >= 4 is 17.9 Å². The van der Waals surface area contributed by atoms with E-state index in [2.05, 4.69) is 0 Å². The number of benzene rings is 1. The van der Waals surface area contributed by atoms with Crippen LogP contribution in [0.5, 0.6) is 0 Å². The summed E-state index contributed by atoms with van der Waals surface area (Å²) in [6.07, 6.45) is 0.814. The van der Waals surface area contributed by atoms with E-state index in [1.807, 2.05) is 30.3 Å². The van der Waals surface area contributed by atoms with Gasteiger partial charge in [0.25, 0.3) is 0 Å². The molecule has 0 atom stereocenters. The molecular weight excluding hydrogens is 210 g/mol. The SMILES string of the molecule is O=Cc1ccc(Cl)n1Cc1ccccc1. The molecule has 3 heteroatoms. The van der Waals surface area contributed by atoms with E-state index in [1.54, 1.807) is 16.7 Å². The predicted molar refractivity (Wildman–Crippen MR) is 60.4 cm³/mol. The van der Waals surface area contributed by atoms with E-state index in [4.69, 9.17) is 11.6 Å². The summed E-state index contributed by atoms with van der Waals surface area (Å²) in [6, 6.07) is 13.4. The van der Waals surface area contributed by atoms with Gasteiger partial charge in [0.2, 0.25) is 0 Å². The molecule has 0 spiro atoms. The highest BCUT2D eigenvalue weighted by Crippen LogP contribution is 2.15. The van der Waals surface area contributed by atoms with Crippen molar-refractivity contribution in [3.8, 4) is 0 Å². The molecule has 0 aliphatic heterocycles. The first kappa shape index (κ1) is 9.99. The summed E-state index contributed by atoms with van der Waals surface area (Å²) in [6.45, 7) is 0.626. The molecule has 0 aliphatic rings. The van der Waals surface area contributed by atoms with Crippen LogP contribution in [0.1, 0.15) is 16.1 Å². The van der Waals surface area contributed by atoms with Crippen LogP contribution in [0.4, 0.5) is 0 Å². The fraction of sp³-hybridized carbons (Fsp3) is 0.0833. The fourth-order valence-corrected chi connectivity index (χ4v) is 1.71. The van der Waals surface area contributed by atoms with Gasteiger partial charge in [0.15, 0.2) is 6.29 Å². The minimum Gasteiger partial charge on any atom is -0.325 e. The van der Waals surface area contributed by atoms with Crippen LogP contribution in [0.3, 0.4) is 0 Å². The minimum absolute atomic E-state index is 0.584. The Bertz CT molecular complexity index is 462. The average Bonchev–Trinajstić information content (AvgIpc) is 2.62. The van der Waals surface area contributed by atoms with Gasteiger partial charge in [0, 0.05) is 6.54 Å². The number of aldehydes is 1. The van der Waals surface area contributed by atoms with Crippen molar-refractivity contribution in [2.24, 2.45) is 0 Å². The molecule has 1 aromatic heterocycles. The van der Waals surface area contributed by atoms with Gasteiger partial charge in [-0.15, -0.1) is 0 Å². The van der Waals surface area contributed by atoms with Crippen LogP contribution in [0.2, 0.25) is 5.15 Å². The van der Waals surface area contributed by atoms with E-state index in [-0.39, 0.29) is 0 Å². The van der Waals surface area contributed by atoms with Crippen molar-refractivity contribution in [1.82, 2.24) is 4.57 Å². The first-order valence-electron chi connectivity index (χ1n) is 4.65.